The van der Waals surface area contributed by atoms with Gasteiger partial charge in [0.2, 0.25) is 0 Å². The van der Waals surface area contributed by atoms with Crippen LogP contribution in [0.1, 0.15) is 12.8 Å². The Hall–Kier alpha value is -0.440. The first-order valence-electron chi connectivity index (χ1n) is 3.98. The predicted octanol–water partition coefficient (Wildman–Crippen LogP) is -0.403. The fourth-order valence-corrected chi connectivity index (χ4v) is 2.08. The van der Waals surface area contributed by atoms with E-state index in [1.165, 1.54) is 0 Å². The second-order valence-electron chi connectivity index (χ2n) is 2.96. The van der Waals surface area contributed by atoms with Crippen LogP contribution in [0.5, 0.6) is 0 Å². The molecule has 1 aliphatic heterocycles. The third kappa shape index (κ3) is 2.55. The molecule has 0 aromatic rings. The molecule has 1 atom stereocenters. The van der Waals surface area contributed by atoms with E-state index in [-0.39, 0.29) is 5.25 Å². The van der Waals surface area contributed by atoms with Crippen molar-refractivity contribution in [3.05, 3.63) is 0 Å². The van der Waals surface area contributed by atoms with Gasteiger partial charge >= 0.3 is 0 Å². The summed E-state index contributed by atoms with van der Waals surface area (Å²) in [5.41, 5.74) is 0. The standard InChI is InChI=1S/C7H13N3OS/c8-3-6-10-4-1-7(2-5-10)12(9)11/h7H,1-2,4-6,9H2. The lowest BCUT2D eigenvalue weighted by atomic mass is 10.1. The lowest BCUT2D eigenvalue weighted by molar-refractivity contribution is 0.257. The number of hydrogen-bond donors (Lipinski definition) is 1. The summed E-state index contributed by atoms with van der Waals surface area (Å²) in [6.07, 6.45) is 1.70. The van der Waals surface area contributed by atoms with E-state index in [4.69, 9.17) is 10.4 Å². The van der Waals surface area contributed by atoms with Crippen LogP contribution in [0.4, 0.5) is 0 Å². The van der Waals surface area contributed by atoms with Crippen LogP contribution in [0.2, 0.25) is 0 Å². The minimum Gasteiger partial charge on any atom is -0.291 e. The van der Waals surface area contributed by atoms with E-state index in [2.05, 4.69) is 11.0 Å². The molecule has 0 aromatic heterocycles. The molecule has 1 rings (SSSR count). The molecule has 0 spiro atoms. The molecule has 0 saturated carbocycles. The molecular formula is C7H13N3OS. The Balaban J connectivity index is 2.30. The fourth-order valence-electron chi connectivity index (χ4n) is 1.40. The van der Waals surface area contributed by atoms with E-state index < -0.39 is 11.0 Å². The van der Waals surface area contributed by atoms with Gasteiger partial charge in [0.25, 0.3) is 0 Å². The topological polar surface area (TPSA) is 70.1 Å². The zero-order chi connectivity index (χ0) is 8.97. The summed E-state index contributed by atoms with van der Waals surface area (Å²) in [6, 6.07) is 2.10. The van der Waals surface area contributed by atoms with Gasteiger partial charge < -0.3 is 0 Å². The van der Waals surface area contributed by atoms with Crippen molar-refractivity contribution < 1.29 is 4.21 Å². The van der Waals surface area contributed by atoms with Crippen LogP contribution >= 0.6 is 0 Å². The quantitative estimate of drug-likeness (QED) is 0.598. The Labute approximate surface area is 74.9 Å². The summed E-state index contributed by atoms with van der Waals surface area (Å²) >= 11 is 0. The maximum atomic E-state index is 10.9. The van der Waals surface area contributed by atoms with Gasteiger partial charge in [-0.1, -0.05) is 0 Å². The maximum absolute atomic E-state index is 10.9. The second kappa shape index (κ2) is 4.55. The molecule has 1 fully saturated rings. The highest BCUT2D eigenvalue weighted by molar-refractivity contribution is 7.83. The molecular weight excluding hydrogens is 174 g/mol. The first-order valence-corrected chi connectivity index (χ1v) is 5.26. The van der Waals surface area contributed by atoms with Crippen LogP contribution in [0.3, 0.4) is 0 Å². The summed E-state index contributed by atoms with van der Waals surface area (Å²) in [5.74, 6) is 0. The van der Waals surface area contributed by atoms with Gasteiger partial charge in [-0.15, -0.1) is 0 Å². The SMILES string of the molecule is N#CCN1CCC(S(N)=O)CC1. The summed E-state index contributed by atoms with van der Waals surface area (Å²) in [7, 11) is -1.18. The monoisotopic (exact) mass is 187 g/mol. The Morgan fingerprint density at radius 3 is 2.58 bits per heavy atom. The largest absolute Gasteiger partial charge is 0.291 e. The first-order chi connectivity index (χ1) is 5.74. The number of hydrogen-bond acceptors (Lipinski definition) is 3. The maximum Gasteiger partial charge on any atom is 0.0920 e. The van der Waals surface area contributed by atoms with E-state index >= 15 is 0 Å². The predicted molar refractivity (Wildman–Crippen MR) is 47.4 cm³/mol. The molecule has 0 amide bonds. The molecule has 0 radical (unpaired) electrons. The Morgan fingerprint density at radius 2 is 2.17 bits per heavy atom. The molecule has 0 aliphatic carbocycles. The summed E-state index contributed by atoms with van der Waals surface area (Å²) in [5, 5.41) is 13.8. The molecule has 0 bridgehead atoms. The number of nitrogens with zero attached hydrogens (tertiary/aromatic N) is 2. The molecule has 1 unspecified atom stereocenters. The lowest BCUT2D eigenvalue weighted by Crippen LogP contribution is -2.39. The Bertz CT molecular complexity index is 205. The molecule has 5 heteroatoms. The van der Waals surface area contributed by atoms with Crippen molar-refractivity contribution in [2.24, 2.45) is 5.14 Å². The second-order valence-corrected chi connectivity index (χ2v) is 4.29. The van der Waals surface area contributed by atoms with Crippen molar-refractivity contribution in [2.75, 3.05) is 19.6 Å². The van der Waals surface area contributed by atoms with Gasteiger partial charge in [0, 0.05) is 13.1 Å². The van der Waals surface area contributed by atoms with Gasteiger partial charge in [-0.3, -0.25) is 10.0 Å². The molecule has 1 heterocycles. The van der Waals surface area contributed by atoms with Gasteiger partial charge in [0.15, 0.2) is 0 Å². The fraction of sp³-hybridized carbons (Fsp3) is 0.857. The third-order valence-electron chi connectivity index (χ3n) is 2.16. The Kier molecular flexibility index (Phi) is 3.66. The molecule has 4 nitrogen and oxygen atoms in total. The van der Waals surface area contributed by atoms with Crippen LogP contribution in [-0.4, -0.2) is 34.0 Å². The van der Waals surface area contributed by atoms with Crippen LogP contribution < -0.4 is 5.14 Å². The van der Waals surface area contributed by atoms with Crippen LogP contribution in [0, 0.1) is 11.3 Å². The highest BCUT2D eigenvalue weighted by Gasteiger charge is 2.21. The summed E-state index contributed by atoms with van der Waals surface area (Å²) in [6.45, 7) is 2.17. The molecule has 12 heavy (non-hydrogen) atoms. The highest BCUT2D eigenvalue weighted by Crippen LogP contribution is 2.12. The van der Waals surface area contributed by atoms with E-state index in [0.29, 0.717) is 6.54 Å². The van der Waals surface area contributed by atoms with E-state index in [1.807, 2.05) is 0 Å². The Morgan fingerprint density at radius 1 is 1.58 bits per heavy atom. The molecule has 1 aliphatic rings. The minimum atomic E-state index is -1.18. The normalized spacial score (nSPS) is 23.3. The van der Waals surface area contributed by atoms with Crippen LogP contribution in [0.15, 0.2) is 0 Å². The van der Waals surface area contributed by atoms with Gasteiger partial charge in [0.1, 0.15) is 0 Å². The number of nitrogens with two attached hydrogens (primary N) is 1. The molecule has 68 valence electrons. The van der Waals surface area contributed by atoms with Crippen molar-refractivity contribution in [1.82, 2.24) is 4.90 Å². The van der Waals surface area contributed by atoms with Gasteiger partial charge in [-0.2, -0.15) is 5.26 Å². The van der Waals surface area contributed by atoms with E-state index in [0.717, 1.165) is 25.9 Å². The average Bonchev–Trinajstić information content (AvgIpc) is 2.06. The van der Waals surface area contributed by atoms with Gasteiger partial charge in [-0.25, -0.2) is 4.21 Å². The van der Waals surface area contributed by atoms with Gasteiger partial charge in [0.05, 0.1) is 28.8 Å². The first kappa shape index (κ1) is 9.65. The zero-order valence-electron chi connectivity index (χ0n) is 6.90. The van der Waals surface area contributed by atoms with Crippen molar-refractivity contribution >= 4 is 11.0 Å². The van der Waals surface area contributed by atoms with Crippen LogP contribution in [-0.2, 0) is 11.0 Å². The van der Waals surface area contributed by atoms with E-state index in [9.17, 15) is 4.21 Å². The van der Waals surface area contributed by atoms with Crippen molar-refractivity contribution in [3.8, 4) is 6.07 Å². The summed E-state index contributed by atoms with van der Waals surface area (Å²) in [4.78, 5) is 2.06. The molecule has 1 saturated heterocycles. The smallest absolute Gasteiger partial charge is 0.0920 e. The number of nitriles is 1. The van der Waals surface area contributed by atoms with Crippen molar-refractivity contribution in [1.29, 1.82) is 5.26 Å². The minimum absolute atomic E-state index is 0.139. The zero-order valence-corrected chi connectivity index (χ0v) is 7.72. The number of piperidine rings is 1. The number of likely N-dealkylation sites (tertiary alicyclic amines) is 1. The van der Waals surface area contributed by atoms with Crippen molar-refractivity contribution in [3.63, 3.8) is 0 Å². The van der Waals surface area contributed by atoms with E-state index in [1.54, 1.807) is 0 Å². The highest BCUT2D eigenvalue weighted by atomic mass is 32.2. The molecule has 0 aromatic carbocycles. The number of rotatable bonds is 2. The van der Waals surface area contributed by atoms with Gasteiger partial charge in [-0.05, 0) is 12.8 Å². The molecule has 2 N–H and O–H groups in total. The lowest BCUT2D eigenvalue weighted by Gasteiger charge is -2.28. The van der Waals surface area contributed by atoms with Crippen LogP contribution in [0.25, 0.3) is 0 Å². The summed E-state index contributed by atoms with van der Waals surface area (Å²) < 4.78 is 10.9. The average molecular weight is 187 g/mol. The van der Waals surface area contributed by atoms with Crippen molar-refractivity contribution in [2.45, 2.75) is 18.1 Å². The third-order valence-corrected chi connectivity index (χ3v) is 3.29.